The topological polar surface area (TPSA) is 42.0 Å². The number of unbranched alkanes of at least 4 members (excludes halogenated alkanes) is 1. The van der Waals surface area contributed by atoms with Crippen molar-refractivity contribution in [3.8, 4) is 0 Å². The standard InChI is InChI=1S/C17H20N2O/c1-2-3-10-18-17(20)14-11-16(12-8-9-12)19-15-7-5-4-6-13(14)15/h4-7,11-12H,2-3,8-10H2,1H3,(H,18,20). The minimum Gasteiger partial charge on any atom is -0.352 e. The van der Waals surface area contributed by atoms with Crippen molar-refractivity contribution in [3.05, 3.63) is 41.6 Å². The van der Waals surface area contributed by atoms with E-state index >= 15 is 0 Å². The maximum absolute atomic E-state index is 12.4. The van der Waals surface area contributed by atoms with Crippen molar-refractivity contribution in [1.82, 2.24) is 10.3 Å². The van der Waals surface area contributed by atoms with Crippen LogP contribution in [-0.4, -0.2) is 17.4 Å². The normalized spacial score (nSPS) is 14.4. The molecule has 1 aliphatic rings. The third-order valence-electron chi connectivity index (χ3n) is 3.79. The average Bonchev–Trinajstić information content (AvgIpc) is 3.31. The van der Waals surface area contributed by atoms with Crippen LogP contribution in [-0.2, 0) is 0 Å². The number of fused-ring (bicyclic) bond motifs is 1. The minimum atomic E-state index is 0.0268. The number of para-hydroxylation sites is 1. The van der Waals surface area contributed by atoms with E-state index in [0.29, 0.717) is 5.92 Å². The van der Waals surface area contributed by atoms with Gasteiger partial charge in [-0.1, -0.05) is 31.5 Å². The van der Waals surface area contributed by atoms with Crippen molar-refractivity contribution in [1.29, 1.82) is 0 Å². The van der Waals surface area contributed by atoms with E-state index in [2.05, 4.69) is 12.2 Å². The number of nitrogens with zero attached hydrogens (tertiary/aromatic N) is 1. The van der Waals surface area contributed by atoms with Crippen LogP contribution in [0.15, 0.2) is 30.3 Å². The first kappa shape index (κ1) is 13.1. The van der Waals surface area contributed by atoms with Crippen molar-refractivity contribution in [2.45, 2.75) is 38.5 Å². The van der Waals surface area contributed by atoms with Crippen LogP contribution >= 0.6 is 0 Å². The molecule has 1 aliphatic carbocycles. The number of carbonyl (C=O) groups excluding carboxylic acids is 1. The number of amides is 1. The Balaban J connectivity index is 1.96. The Morgan fingerprint density at radius 3 is 2.90 bits per heavy atom. The van der Waals surface area contributed by atoms with E-state index in [1.807, 2.05) is 30.3 Å². The van der Waals surface area contributed by atoms with Crippen molar-refractivity contribution in [3.63, 3.8) is 0 Å². The molecule has 20 heavy (non-hydrogen) atoms. The molecule has 0 saturated heterocycles. The molecule has 1 N–H and O–H groups in total. The molecule has 104 valence electrons. The summed E-state index contributed by atoms with van der Waals surface area (Å²) in [4.78, 5) is 17.1. The minimum absolute atomic E-state index is 0.0268. The Morgan fingerprint density at radius 1 is 1.35 bits per heavy atom. The van der Waals surface area contributed by atoms with Crippen LogP contribution in [0.3, 0.4) is 0 Å². The Bertz CT molecular complexity index is 632. The highest BCUT2D eigenvalue weighted by Gasteiger charge is 2.26. The van der Waals surface area contributed by atoms with E-state index in [1.54, 1.807) is 0 Å². The second-order valence-corrected chi connectivity index (χ2v) is 5.50. The lowest BCUT2D eigenvalue weighted by Crippen LogP contribution is -2.24. The lowest BCUT2D eigenvalue weighted by Gasteiger charge is -2.09. The Labute approximate surface area is 119 Å². The van der Waals surface area contributed by atoms with Gasteiger partial charge in [0.15, 0.2) is 0 Å². The van der Waals surface area contributed by atoms with Gasteiger partial charge in [-0.25, -0.2) is 0 Å². The van der Waals surface area contributed by atoms with Crippen LogP contribution in [0.25, 0.3) is 10.9 Å². The highest BCUT2D eigenvalue weighted by atomic mass is 16.1. The number of nitrogens with one attached hydrogen (secondary N) is 1. The van der Waals surface area contributed by atoms with E-state index in [0.717, 1.165) is 41.5 Å². The van der Waals surface area contributed by atoms with Crippen LogP contribution in [0.1, 0.15) is 54.6 Å². The van der Waals surface area contributed by atoms with Crippen LogP contribution in [0.4, 0.5) is 0 Å². The predicted molar refractivity (Wildman–Crippen MR) is 81.0 cm³/mol. The zero-order valence-electron chi connectivity index (χ0n) is 11.9. The molecular formula is C17H20N2O. The van der Waals surface area contributed by atoms with Gasteiger partial charge in [0.2, 0.25) is 0 Å². The third-order valence-corrected chi connectivity index (χ3v) is 3.79. The smallest absolute Gasteiger partial charge is 0.252 e. The molecule has 0 aliphatic heterocycles. The molecule has 1 heterocycles. The second-order valence-electron chi connectivity index (χ2n) is 5.50. The van der Waals surface area contributed by atoms with Crippen LogP contribution in [0, 0.1) is 0 Å². The number of hydrogen-bond acceptors (Lipinski definition) is 2. The lowest BCUT2D eigenvalue weighted by molar-refractivity contribution is 0.0954. The number of benzene rings is 1. The van der Waals surface area contributed by atoms with Crippen molar-refractivity contribution in [2.24, 2.45) is 0 Å². The van der Waals surface area contributed by atoms with Gasteiger partial charge in [0.05, 0.1) is 11.1 Å². The molecule has 1 aromatic carbocycles. The van der Waals surface area contributed by atoms with Gasteiger partial charge < -0.3 is 5.32 Å². The molecule has 3 nitrogen and oxygen atoms in total. The van der Waals surface area contributed by atoms with Crippen molar-refractivity contribution < 1.29 is 4.79 Å². The molecular weight excluding hydrogens is 248 g/mol. The summed E-state index contributed by atoms with van der Waals surface area (Å²) in [6.07, 6.45) is 4.50. The monoisotopic (exact) mass is 268 g/mol. The van der Waals surface area contributed by atoms with Gasteiger partial charge >= 0.3 is 0 Å². The first-order valence-electron chi connectivity index (χ1n) is 7.47. The van der Waals surface area contributed by atoms with Crippen LogP contribution in [0.2, 0.25) is 0 Å². The first-order valence-corrected chi connectivity index (χ1v) is 7.47. The maximum Gasteiger partial charge on any atom is 0.252 e. The summed E-state index contributed by atoms with van der Waals surface area (Å²) in [6.45, 7) is 2.87. The number of carbonyl (C=O) groups is 1. The molecule has 3 rings (SSSR count). The van der Waals surface area contributed by atoms with Gasteiger partial charge in [-0.2, -0.15) is 0 Å². The summed E-state index contributed by atoms with van der Waals surface area (Å²) in [7, 11) is 0. The quantitative estimate of drug-likeness (QED) is 0.841. The van der Waals surface area contributed by atoms with Gasteiger partial charge in [-0.05, 0) is 31.4 Å². The zero-order valence-corrected chi connectivity index (χ0v) is 11.9. The van der Waals surface area contributed by atoms with Gasteiger partial charge in [0.1, 0.15) is 0 Å². The van der Waals surface area contributed by atoms with Gasteiger partial charge in [0, 0.05) is 23.5 Å². The van der Waals surface area contributed by atoms with Crippen molar-refractivity contribution in [2.75, 3.05) is 6.54 Å². The molecule has 2 aromatic rings. The largest absolute Gasteiger partial charge is 0.352 e. The lowest BCUT2D eigenvalue weighted by atomic mass is 10.1. The number of hydrogen-bond donors (Lipinski definition) is 1. The maximum atomic E-state index is 12.4. The molecule has 0 spiro atoms. The van der Waals surface area contributed by atoms with E-state index in [-0.39, 0.29) is 5.91 Å². The molecule has 3 heteroatoms. The van der Waals surface area contributed by atoms with Gasteiger partial charge in [-0.15, -0.1) is 0 Å². The predicted octanol–water partition coefficient (Wildman–Crippen LogP) is 3.64. The summed E-state index contributed by atoms with van der Waals surface area (Å²) in [5.74, 6) is 0.584. The summed E-state index contributed by atoms with van der Waals surface area (Å²) in [6, 6.07) is 9.90. The van der Waals surface area contributed by atoms with Gasteiger partial charge in [0.25, 0.3) is 5.91 Å². The molecule has 1 fully saturated rings. The number of aromatic nitrogens is 1. The fourth-order valence-electron chi connectivity index (χ4n) is 2.45. The fraction of sp³-hybridized carbons (Fsp3) is 0.412. The van der Waals surface area contributed by atoms with Crippen LogP contribution in [0.5, 0.6) is 0 Å². The molecule has 0 radical (unpaired) electrons. The Morgan fingerprint density at radius 2 is 2.15 bits per heavy atom. The highest BCUT2D eigenvalue weighted by molar-refractivity contribution is 6.06. The number of rotatable bonds is 5. The molecule has 0 bridgehead atoms. The molecule has 0 atom stereocenters. The van der Waals surface area contributed by atoms with Crippen molar-refractivity contribution >= 4 is 16.8 Å². The zero-order chi connectivity index (χ0) is 13.9. The summed E-state index contributed by atoms with van der Waals surface area (Å²) in [5, 5.41) is 3.96. The Kier molecular flexibility index (Phi) is 3.68. The van der Waals surface area contributed by atoms with E-state index in [4.69, 9.17) is 4.98 Å². The summed E-state index contributed by atoms with van der Waals surface area (Å²) >= 11 is 0. The SMILES string of the molecule is CCCCNC(=O)c1cc(C2CC2)nc2ccccc12. The third kappa shape index (κ3) is 2.67. The van der Waals surface area contributed by atoms with E-state index in [1.165, 1.54) is 12.8 Å². The molecule has 1 aromatic heterocycles. The van der Waals surface area contributed by atoms with E-state index in [9.17, 15) is 4.79 Å². The highest BCUT2D eigenvalue weighted by Crippen LogP contribution is 2.40. The molecule has 0 unspecified atom stereocenters. The number of pyridine rings is 1. The average molecular weight is 268 g/mol. The summed E-state index contributed by atoms with van der Waals surface area (Å²) in [5.41, 5.74) is 2.77. The first-order chi connectivity index (χ1) is 9.79. The molecule has 1 amide bonds. The fourth-order valence-corrected chi connectivity index (χ4v) is 2.45. The molecule has 1 saturated carbocycles. The Hall–Kier alpha value is -1.90. The second kappa shape index (κ2) is 5.61. The van der Waals surface area contributed by atoms with E-state index < -0.39 is 0 Å². The summed E-state index contributed by atoms with van der Waals surface area (Å²) < 4.78 is 0. The van der Waals surface area contributed by atoms with Gasteiger partial charge in [-0.3, -0.25) is 9.78 Å². The van der Waals surface area contributed by atoms with Crippen LogP contribution < -0.4 is 5.32 Å².